The van der Waals surface area contributed by atoms with Crippen molar-refractivity contribution >= 4 is 5.91 Å². The van der Waals surface area contributed by atoms with Crippen molar-refractivity contribution in [3.8, 4) is 0 Å². The molecular formula is C9H14F3NO. The van der Waals surface area contributed by atoms with E-state index in [0.29, 0.717) is 5.92 Å². The van der Waals surface area contributed by atoms with Crippen LogP contribution in [0.3, 0.4) is 0 Å². The molecule has 1 aliphatic rings. The Kier molecular flexibility index (Phi) is 3.07. The van der Waals surface area contributed by atoms with Crippen LogP contribution in [0.15, 0.2) is 0 Å². The second-order valence-corrected chi connectivity index (χ2v) is 3.94. The Morgan fingerprint density at radius 3 is 2.36 bits per heavy atom. The molecule has 0 aromatic carbocycles. The van der Waals surface area contributed by atoms with Crippen molar-refractivity contribution in [3.05, 3.63) is 0 Å². The van der Waals surface area contributed by atoms with Crippen LogP contribution in [0.25, 0.3) is 0 Å². The van der Waals surface area contributed by atoms with Crippen LogP contribution in [0.2, 0.25) is 0 Å². The minimum atomic E-state index is -4.18. The Morgan fingerprint density at radius 1 is 1.50 bits per heavy atom. The summed E-state index contributed by atoms with van der Waals surface area (Å²) in [6, 6.07) is 0. The van der Waals surface area contributed by atoms with Crippen LogP contribution in [0.5, 0.6) is 0 Å². The van der Waals surface area contributed by atoms with Gasteiger partial charge in [-0.2, -0.15) is 13.2 Å². The standard InChI is InChI=1S/C9H14F3NO/c1-6-5-7(6)8(14)13(2)4-3-9(10,11)12/h6-7H,3-5H2,1-2H3. The van der Waals surface area contributed by atoms with Gasteiger partial charge >= 0.3 is 6.18 Å². The number of nitrogens with zero attached hydrogens (tertiary/aromatic N) is 1. The zero-order chi connectivity index (χ0) is 10.9. The molecule has 14 heavy (non-hydrogen) atoms. The molecule has 0 aromatic rings. The SMILES string of the molecule is CC1CC1C(=O)N(C)CCC(F)(F)F. The largest absolute Gasteiger partial charge is 0.390 e. The van der Waals surface area contributed by atoms with E-state index in [0.717, 1.165) is 6.42 Å². The van der Waals surface area contributed by atoms with Gasteiger partial charge in [0.05, 0.1) is 6.42 Å². The molecule has 5 heteroatoms. The normalized spacial score (nSPS) is 26.1. The van der Waals surface area contributed by atoms with E-state index in [1.807, 2.05) is 6.92 Å². The lowest BCUT2D eigenvalue weighted by Crippen LogP contribution is -2.31. The summed E-state index contributed by atoms with van der Waals surface area (Å²) >= 11 is 0. The Morgan fingerprint density at radius 2 is 2.00 bits per heavy atom. The second kappa shape index (κ2) is 3.79. The van der Waals surface area contributed by atoms with Gasteiger partial charge in [-0.25, -0.2) is 0 Å². The van der Waals surface area contributed by atoms with Gasteiger partial charge in [-0.15, -0.1) is 0 Å². The lowest BCUT2D eigenvalue weighted by Gasteiger charge is -2.17. The van der Waals surface area contributed by atoms with Crippen molar-refractivity contribution < 1.29 is 18.0 Å². The zero-order valence-corrected chi connectivity index (χ0v) is 8.27. The highest BCUT2D eigenvalue weighted by Gasteiger charge is 2.41. The van der Waals surface area contributed by atoms with Gasteiger partial charge in [0.1, 0.15) is 0 Å². The number of rotatable bonds is 3. The summed E-state index contributed by atoms with van der Waals surface area (Å²) in [5.41, 5.74) is 0. The first-order valence-electron chi connectivity index (χ1n) is 4.63. The van der Waals surface area contributed by atoms with E-state index < -0.39 is 12.6 Å². The van der Waals surface area contributed by atoms with Gasteiger partial charge in [0.2, 0.25) is 5.91 Å². The van der Waals surface area contributed by atoms with E-state index in [-0.39, 0.29) is 18.4 Å². The Labute approximate surface area is 81.1 Å². The quantitative estimate of drug-likeness (QED) is 0.696. The fourth-order valence-corrected chi connectivity index (χ4v) is 1.35. The van der Waals surface area contributed by atoms with Crippen molar-refractivity contribution in [2.24, 2.45) is 11.8 Å². The van der Waals surface area contributed by atoms with Crippen molar-refractivity contribution in [1.82, 2.24) is 4.90 Å². The molecule has 0 aromatic heterocycles. The topological polar surface area (TPSA) is 20.3 Å². The number of hydrogen-bond donors (Lipinski definition) is 0. The molecule has 0 heterocycles. The maximum atomic E-state index is 11.8. The average molecular weight is 209 g/mol. The first-order chi connectivity index (χ1) is 6.31. The van der Waals surface area contributed by atoms with Gasteiger partial charge in [0.25, 0.3) is 0 Å². The summed E-state index contributed by atoms with van der Waals surface area (Å²) in [6.07, 6.45) is -4.28. The molecule has 0 radical (unpaired) electrons. The van der Waals surface area contributed by atoms with Crippen LogP contribution in [-0.4, -0.2) is 30.6 Å². The third-order valence-corrected chi connectivity index (χ3v) is 2.53. The Hall–Kier alpha value is -0.740. The predicted octanol–water partition coefficient (Wildman–Crippen LogP) is 2.05. The van der Waals surface area contributed by atoms with Gasteiger partial charge in [-0.05, 0) is 12.3 Å². The summed E-state index contributed by atoms with van der Waals surface area (Å²) in [4.78, 5) is 12.6. The molecule has 82 valence electrons. The summed E-state index contributed by atoms with van der Waals surface area (Å²) in [6.45, 7) is 1.70. The number of amides is 1. The minimum Gasteiger partial charge on any atom is -0.345 e. The summed E-state index contributed by atoms with van der Waals surface area (Å²) in [5, 5.41) is 0. The highest BCUT2D eigenvalue weighted by Crippen LogP contribution is 2.39. The lowest BCUT2D eigenvalue weighted by molar-refractivity contribution is -0.144. The van der Waals surface area contributed by atoms with Crippen LogP contribution in [0.1, 0.15) is 19.8 Å². The van der Waals surface area contributed by atoms with E-state index >= 15 is 0 Å². The van der Waals surface area contributed by atoms with E-state index in [1.54, 1.807) is 0 Å². The van der Waals surface area contributed by atoms with Gasteiger partial charge in [-0.3, -0.25) is 4.79 Å². The van der Waals surface area contributed by atoms with Crippen molar-refractivity contribution in [3.63, 3.8) is 0 Å². The summed E-state index contributed by atoms with van der Waals surface area (Å²) < 4.78 is 35.5. The van der Waals surface area contributed by atoms with Crippen molar-refractivity contribution in [2.75, 3.05) is 13.6 Å². The Balaban J connectivity index is 2.28. The molecule has 2 atom stereocenters. The van der Waals surface area contributed by atoms with Gasteiger partial charge in [0.15, 0.2) is 0 Å². The maximum Gasteiger partial charge on any atom is 0.390 e. The summed E-state index contributed by atoms with van der Waals surface area (Å²) in [7, 11) is 1.43. The molecule has 1 aliphatic carbocycles. The first-order valence-corrected chi connectivity index (χ1v) is 4.63. The van der Waals surface area contributed by atoms with Crippen molar-refractivity contribution in [1.29, 1.82) is 0 Å². The maximum absolute atomic E-state index is 11.8. The predicted molar refractivity (Wildman–Crippen MR) is 45.6 cm³/mol. The number of hydrogen-bond acceptors (Lipinski definition) is 1. The molecule has 0 spiro atoms. The zero-order valence-electron chi connectivity index (χ0n) is 8.27. The fraction of sp³-hybridized carbons (Fsp3) is 0.889. The summed E-state index contributed by atoms with van der Waals surface area (Å²) in [5.74, 6) is 0.158. The van der Waals surface area contributed by atoms with Gasteiger partial charge in [0, 0.05) is 19.5 Å². The molecule has 1 fully saturated rings. The number of carbonyl (C=O) groups is 1. The smallest absolute Gasteiger partial charge is 0.345 e. The highest BCUT2D eigenvalue weighted by atomic mass is 19.4. The van der Waals surface area contributed by atoms with E-state index in [4.69, 9.17) is 0 Å². The van der Waals surface area contributed by atoms with Crippen LogP contribution < -0.4 is 0 Å². The van der Waals surface area contributed by atoms with Gasteiger partial charge in [-0.1, -0.05) is 6.92 Å². The first kappa shape index (κ1) is 11.3. The molecule has 1 rings (SSSR count). The molecular weight excluding hydrogens is 195 g/mol. The van der Waals surface area contributed by atoms with E-state index in [1.165, 1.54) is 11.9 Å². The monoisotopic (exact) mass is 209 g/mol. The van der Waals surface area contributed by atoms with Gasteiger partial charge < -0.3 is 4.90 Å². The van der Waals surface area contributed by atoms with Crippen LogP contribution in [0, 0.1) is 11.8 Å². The molecule has 1 amide bonds. The molecule has 1 saturated carbocycles. The van der Waals surface area contributed by atoms with Crippen LogP contribution >= 0.6 is 0 Å². The molecule has 0 N–H and O–H groups in total. The van der Waals surface area contributed by atoms with Crippen molar-refractivity contribution in [2.45, 2.75) is 25.9 Å². The number of alkyl halides is 3. The minimum absolute atomic E-state index is 0.0340. The lowest BCUT2D eigenvalue weighted by atomic mass is 10.3. The molecule has 0 aliphatic heterocycles. The fourth-order valence-electron chi connectivity index (χ4n) is 1.35. The number of halogens is 3. The van der Waals surface area contributed by atoms with Crippen LogP contribution in [-0.2, 0) is 4.79 Å². The van der Waals surface area contributed by atoms with E-state index in [9.17, 15) is 18.0 Å². The third kappa shape index (κ3) is 3.20. The molecule has 0 bridgehead atoms. The molecule has 0 saturated heterocycles. The third-order valence-electron chi connectivity index (χ3n) is 2.53. The Bertz CT molecular complexity index is 227. The average Bonchev–Trinajstić information content (AvgIpc) is 2.75. The molecule has 2 unspecified atom stereocenters. The van der Waals surface area contributed by atoms with E-state index in [2.05, 4.69) is 0 Å². The highest BCUT2D eigenvalue weighted by molar-refractivity contribution is 5.81. The number of carbonyl (C=O) groups excluding carboxylic acids is 1. The second-order valence-electron chi connectivity index (χ2n) is 3.94. The molecule has 2 nitrogen and oxygen atoms in total. The van der Waals surface area contributed by atoms with Crippen LogP contribution in [0.4, 0.5) is 13.2 Å².